The number of carbonyl (C=O) groups excluding carboxylic acids is 1. The summed E-state index contributed by atoms with van der Waals surface area (Å²) < 4.78 is 35.6. The van der Waals surface area contributed by atoms with Gasteiger partial charge in [-0.15, -0.1) is 0 Å². The smallest absolute Gasteiger partial charge is 0.421 e. The molecule has 2 aromatic rings. The topological polar surface area (TPSA) is 103 Å². The SMILES string of the molecule is CCCCOC(=O)NS(=O)(=O)c1coc2ccccc2c1=O. The molecular weight excluding hydrogens is 310 g/mol. The van der Waals surface area contributed by atoms with E-state index < -0.39 is 26.4 Å². The first kappa shape index (κ1) is 16.0. The molecule has 0 saturated carbocycles. The summed E-state index contributed by atoms with van der Waals surface area (Å²) in [4.78, 5) is 23.0. The molecule has 2 rings (SSSR count). The van der Waals surface area contributed by atoms with Crippen LogP contribution in [0.1, 0.15) is 19.8 Å². The number of unbranched alkanes of at least 4 members (excludes halogenated alkanes) is 1. The lowest BCUT2D eigenvalue weighted by molar-refractivity contribution is 0.151. The molecule has 0 fully saturated rings. The zero-order valence-electron chi connectivity index (χ0n) is 11.9. The number of hydrogen-bond acceptors (Lipinski definition) is 6. The highest BCUT2D eigenvalue weighted by Crippen LogP contribution is 2.13. The summed E-state index contributed by atoms with van der Waals surface area (Å²) in [5.74, 6) is 0. The average molecular weight is 325 g/mol. The van der Waals surface area contributed by atoms with Gasteiger partial charge in [-0.05, 0) is 18.6 Å². The minimum Gasteiger partial charge on any atom is -0.463 e. The van der Waals surface area contributed by atoms with Crippen molar-refractivity contribution in [1.29, 1.82) is 0 Å². The second-order valence-electron chi connectivity index (χ2n) is 4.52. The van der Waals surface area contributed by atoms with Crippen LogP contribution in [0.2, 0.25) is 0 Å². The summed E-state index contributed by atoms with van der Waals surface area (Å²) in [7, 11) is -4.35. The van der Waals surface area contributed by atoms with Crippen molar-refractivity contribution in [2.75, 3.05) is 6.61 Å². The Morgan fingerprint density at radius 2 is 2.05 bits per heavy atom. The third-order valence-corrected chi connectivity index (χ3v) is 4.18. The molecule has 0 radical (unpaired) electrons. The van der Waals surface area contributed by atoms with Crippen LogP contribution in [0.4, 0.5) is 4.79 Å². The number of hydrogen-bond donors (Lipinski definition) is 1. The lowest BCUT2D eigenvalue weighted by Crippen LogP contribution is -2.34. The Labute approximate surface area is 126 Å². The quantitative estimate of drug-likeness (QED) is 0.844. The number of sulfonamides is 1. The molecule has 1 heterocycles. The second-order valence-corrected chi connectivity index (χ2v) is 6.17. The molecule has 7 nitrogen and oxygen atoms in total. The van der Waals surface area contributed by atoms with Gasteiger partial charge in [0.1, 0.15) is 11.8 Å². The third kappa shape index (κ3) is 3.45. The Morgan fingerprint density at radius 1 is 1.32 bits per heavy atom. The van der Waals surface area contributed by atoms with E-state index in [1.165, 1.54) is 6.07 Å². The molecule has 1 aromatic heterocycles. The van der Waals surface area contributed by atoms with E-state index in [0.717, 1.165) is 12.7 Å². The van der Waals surface area contributed by atoms with Crippen LogP contribution in [-0.2, 0) is 14.8 Å². The van der Waals surface area contributed by atoms with Crippen molar-refractivity contribution in [3.8, 4) is 0 Å². The highest BCUT2D eigenvalue weighted by Gasteiger charge is 2.23. The fraction of sp³-hybridized carbons (Fsp3) is 0.286. The van der Waals surface area contributed by atoms with Crippen molar-refractivity contribution >= 4 is 27.1 Å². The predicted molar refractivity (Wildman–Crippen MR) is 79.1 cm³/mol. The number of amides is 1. The lowest BCUT2D eigenvalue weighted by Gasteiger charge is -2.07. The van der Waals surface area contributed by atoms with E-state index in [1.807, 2.05) is 6.92 Å². The van der Waals surface area contributed by atoms with Gasteiger partial charge in [0.15, 0.2) is 4.90 Å². The Bertz CT molecular complexity index is 840. The predicted octanol–water partition coefficient (Wildman–Crippen LogP) is 2.01. The third-order valence-electron chi connectivity index (χ3n) is 2.89. The van der Waals surface area contributed by atoms with Crippen molar-refractivity contribution in [3.63, 3.8) is 0 Å². The maximum absolute atomic E-state index is 12.2. The Morgan fingerprint density at radius 3 is 2.77 bits per heavy atom. The molecule has 1 amide bonds. The summed E-state index contributed by atoms with van der Waals surface area (Å²) in [5, 5.41) is 0.115. The number of para-hydroxylation sites is 1. The summed E-state index contributed by atoms with van der Waals surface area (Å²) >= 11 is 0. The first-order valence-electron chi connectivity index (χ1n) is 6.66. The van der Waals surface area contributed by atoms with Gasteiger partial charge in [0.05, 0.1) is 12.0 Å². The maximum Gasteiger partial charge on any atom is 0.421 e. The molecule has 0 saturated heterocycles. The van der Waals surface area contributed by atoms with Gasteiger partial charge in [0, 0.05) is 0 Å². The fourth-order valence-corrected chi connectivity index (χ4v) is 2.67. The number of ether oxygens (including phenoxy) is 1. The van der Waals surface area contributed by atoms with E-state index in [0.29, 0.717) is 6.42 Å². The average Bonchev–Trinajstić information content (AvgIpc) is 2.47. The minimum absolute atomic E-state index is 0.101. The van der Waals surface area contributed by atoms with E-state index in [1.54, 1.807) is 22.9 Å². The molecule has 0 atom stereocenters. The molecule has 1 N–H and O–H groups in total. The molecular formula is C14H15NO6S. The normalized spacial score (nSPS) is 11.3. The monoisotopic (exact) mass is 325 g/mol. The lowest BCUT2D eigenvalue weighted by atomic mass is 10.2. The molecule has 118 valence electrons. The van der Waals surface area contributed by atoms with Crippen LogP contribution in [0.5, 0.6) is 0 Å². The van der Waals surface area contributed by atoms with Crippen LogP contribution in [0, 0.1) is 0 Å². The fourth-order valence-electron chi connectivity index (χ4n) is 1.75. The number of nitrogens with one attached hydrogen (secondary N) is 1. The molecule has 0 aliphatic rings. The standard InChI is InChI=1S/C14H15NO6S/c1-2-3-8-20-14(17)15-22(18,19)12-9-21-11-7-5-4-6-10(11)13(12)16/h4-7,9H,2-3,8H2,1H3,(H,15,17). The van der Waals surface area contributed by atoms with Crippen molar-refractivity contribution in [2.45, 2.75) is 24.7 Å². The summed E-state index contributed by atoms with van der Waals surface area (Å²) in [5.41, 5.74) is -0.479. The highest BCUT2D eigenvalue weighted by molar-refractivity contribution is 7.90. The maximum atomic E-state index is 12.2. The van der Waals surface area contributed by atoms with Crippen LogP contribution < -0.4 is 10.2 Å². The molecule has 22 heavy (non-hydrogen) atoms. The van der Waals surface area contributed by atoms with Gasteiger partial charge in [-0.1, -0.05) is 25.5 Å². The zero-order chi connectivity index (χ0) is 16.2. The molecule has 0 aliphatic heterocycles. The van der Waals surface area contributed by atoms with E-state index >= 15 is 0 Å². The van der Waals surface area contributed by atoms with Crippen LogP contribution in [-0.4, -0.2) is 21.1 Å². The van der Waals surface area contributed by atoms with E-state index in [4.69, 9.17) is 9.15 Å². The number of rotatable bonds is 5. The molecule has 8 heteroatoms. The Kier molecular flexibility index (Phi) is 4.81. The number of carbonyl (C=O) groups is 1. The number of benzene rings is 1. The van der Waals surface area contributed by atoms with E-state index in [-0.39, 0.29) is 17.6 Å². The van der Waals surface area contributed by atoms with Gasteiger partial charge >= 0.3 is 6.09 Å². The van der Waals surface area contributed by atoms with Gasteiger partial charge in [0.25, 0.3) is 10.0 Å². The zero-order valence-corrected chi connectivity index (χ0v) is 12.7. The summed E-state index contributed by atoms with van der Waals surface area (Å²) in [6.45, 7) is 2.00. The van der Waals surface area contributed by atoms with E-state index in [2.05, 4.69) is 0 Å². The van der Waals surface area contributed by atoms with Crippen molar-refractivity contribution in [3.05, 3.63) is 40.8 Å². The van der Waals surface area contributed by atoms with Crippen LogP contribution in [0.3, 0.4) is 0 Å². The molecule has 0 aliphatic carbocycles. The van der Waals surface area contributed by atoms with E-state index in [9.17, 15) is 18.0 Å². The largest absolute Gasteiger partial charge is 0.463 e. The van der Waals surface area contributed by atoms with Crippen LogP contribution in [0.15, 0.2) is 44.6 Å². The van der Waals surface area contributed by atoms with Gasteiger partial charge in [0.2, 0.25) is 5.43 Å². The molecule has 0 unspecified atom stereocenters. The Balaban J connectivity index is 2.28. The first-order chi connectivity index (χ1) is 10.5. The Hall–Kier alpha value is -2.35. The molecule has 0 spiro atoms. The van der Waals surface area contributed by atoms with Gasteiger partial charge in [-0.25, -0.2) is 17.9 Å². The number of fused-ring (bicyclic) bond motifs is 1. The van der Waals surface area contributed by atoms with Gasteiger partial charge < -0.3 is 9.15 Å². The minimum atomic E-state index is -4.35. The summed E-state index contributed by atoms with van der Waals surface area (Å²) in [6.07, 6.45) is 1.10. The summed E-state index contributed by atoms with van der Waals surface area (Å²) in [6, 6.07) is 6.23. The van der Waals surface area contributed by atoms with Crippen molar-refractivity contribution in [1.82, 2.24) is 4.72 Å². The first-order valence-corrected chi connectivity index (χ1v) is 8.14. The molecule has 0 bridgehead atoms. The van der Waals surface area contributed by atoms with Crippen molar-refractivity contribution < 1.29 is 22.4 Å². The second kappa shape index (κ2) is 6.61. The van der Waals surface area contributed by atoms with Crippen LogP contribution in [0.25, 0.3) is 11.0 Å². The van der Waals surface area contributed by atoms with Crippen LogP contribution >= 0.6 is 0 Å². The highest BCUT2D eigenvalue weighted by atomic mass is 32.2. The van der Waals surface area contributed by atoms with Gasteiger partial charge in [-0.3, -0.25) is 4.79 Å². The van der Waals surface area contributed by atoms with Gasteiger partial charge in [-0.2, -0.15) is 0 Å². The van der Waals surface area contributed by atoms with Crippen molar-refractivity contribution in [2.24, 2.45) is 0 Å². The molecule has 1 aromatic carbocycles.